The molecule has 0 spiro atoms. The highest BCUT2D eigenvalue weighted by atomic mass is 16.2. The lowest BCUT2D eigenvalue weighted by Gasteiger charge is -2.37. The van der Waals surface area contributed by atoms with Gasteiger partial charge in [-0.3, -0.25) is 9.78 Å². The van der Waals surface area contributed by atoms with E-state index in [9.17, 15) is 4.79 Å². The van der Waals surface area contributed by atoms with Gasteiger partial charge in [-0.15, -0.1) is 0 Å². The quantitative estimate of drug-likeness (QED) is 0.899. The summed E-state index contributed by atoms with van der Waals surface area (Å²) in [6, 6.07) is 6.45. The predicted molar refractivity (Wildman–Crippen MR) is 75.5 cm³/mol. The first-order chi connectivity index (χ1) is 9.20. The van der Waals surface area contributed by atoms with Gasteiger partial charge in [-0.25, -0.2) is 0 Å². The van der Waals surface area contributed by atoms with E-state index in [2.05, 4.69) is 17.2 Å². The lowest BCUT2D eigenvalue weighted by atomic mass is 9.93. The summed E-state index contributed by atoms with van der Waals surface area (Å²) in [5, 5.41) is 3.56. The molecule has 4 heteroatoms. The molecule has 0 saturated carbocycles. The van der Waals surface area contributed by atoms with Gasteiger partial charge in [-0.2, -0.15) is 0 Å². The summed E-state index contributed by atoms with van der Waals surface area (Å²) in [5.41, 5.74) is 1.07. The normalized spacial score (nSPS) is 23.4. The monoisotopic (exact) mass is 261 g/mol. The van der Waals surface area contributed by atoms with Crippen LogP contribution in [-0.2, 0) is 11.3 Å². The van der Waals surface area contributed by atoms with E-state index in [1.165, 1.54) is 0 Å². The van der Waals surface area contributed by atoms with Gasteiger partial charge in [-0.1, -0.05) is 19.9 Å². The fourth-order valence-electron chi connectivity index (χ4n) is 2.64. The van der Waals surface area contributed by atoms with Crippen LogP contribution in [0.3, 0.4) is 0 Å². The van der Waals surface area contributed by atoms with Crippen LogP contribution in [0.1, 0.15) is 32.4 Å². The molecule has 2 rings (SSSR count). The summed E-state index contributed by atoms with van der Waals surface area (Å²) >= 11 is 0. The number of carbonyl (C=O) groups excluding carboxylic acids is 1. The van der Waals surface area contributed by atoms with Crippen molar-refractivity contribution < 1.29 is 4.79 Å². The number of nitrogens with zero attached hydrogens (tertiary/aromatic N) is 2. The maximum absolute atomic E-state index is 11.7. The number of hydrogen-bond donors (Lipinski definition) is 1. The van der Waals surface area contributed by atoms with E-state index in [0.717, 1.165) is 31.7 Å². The molecule has 1 saturated heterocycles. The molecule has 1 aromatic rings. The molecule has 1 aliphatic heterocycles. The number of hydrogen-bond acceptors (Lipinski definition) is 3. The van der Waals surface area contributed by atoms with Crippen molar-refractivity contribution in [1.82, 2.24) is 15.2 Å². The molecule has 1 amide bonds. The lowest BCUT2D eigenvalue weighted by molar-refractivity contribution is -0.132. The van der Waals surface area contributed by atoms with E-state index < -0.39 is 0 Å². The van der Waals surface area contributed by atoms with Gasteiger partial charge in [0.15, 0.2) is 0 Å². The molecule has 19 heavy (non-hydrogen) atoms. The van der Waals surface area contributed by atoms with E-state index in [-0.39, 0.29) is 5.91 Å². The molecule has 0 radical (unpaired) electrons. The second kappa shape index (κ2) is 6.66. The molecule has 1 aromatic heterocycles. The maximum atomic E-state index is 11.7. The summed E-state index contributed by atoms with van der Waals surface area (Å²) in [5.74, 6) is 0.767. The molecule has 1 N–H and O–H groups in total. The molecule has 0 unspecified atom stereocenters. The summed E-state index contributed by atoms with van der Waals surface area (Å²) in [4.78, 5) is 18.0. The number of pyridine rings is 1. The lowest BCUT2D eigenvalue weighted by Crippen LogP contribution is -2.49. The molecule has 1 aliphatic rings. The second-order valence-electron chi connectivity index (χ2n) is 5.27. The highest BCUT2D eigenvalue weighted by molar-refractivity contribution is 5.75. The molecular formula is C15H23N3O. The van der Waals surface area contributed by atoms with Crippen molar-refractivity contribution in [3.63, 3.8) is 0 Å². The Bertz CT molecular complexity index is 407. The minimum absolute atomic E-state index is 0.273. The Morgan fingerprint density at radius 2 is 2.37 bits per heavy atom. The Balaban J connectivity index is 1.82. The molecule has 1 fully saturated rings. The van der Waals surface area contributed by atoms with Gasteiger partial charge in [-0.05, 0) is 24.5 Å². The molecule has 0 aromatic carbocycles. The van der Waals surface area contributed by atoms with Crippen molar-refractivity contribution in [2.75, 3.05) is 13.1 Å². The maximum Gasteiger partial charge on any atom is 0.222 e. The first-order valence-corrected chi connectivity index (χ1v) is 7.11. The van der Waals surface area contributed by atoms with Crippen molar-refractivity contribution in [3.8, 4) is 0 Å². The fraction of sp³-hybridized carbons (Fsp3) is 0.600. The van der Waals surface area contributed by atoms with Gasteiger partial charge in [0.05, 0.1) is 5.69 Å². The molecule has 2 heterocycles. The summed E-state index contributed by atoms with van der Waals surface area (Å²) in [7, 11) is 0. The largest absolute Gasteiger partial charge is 0.342 e. The van der Waals surface area contributed by atoms with Crippen LogP contribution in [0, 0.1) is 5.92 Å². The van der Waals surface area contributed by atoms with Crippen LogP contribution in [0.2, 0.25) is 0 Å². The Hall–Kier alpha value is -1.42. The molecule has 4 nitrogen and oxygen atoms in total. The first-order valence-electron chi connectivity index (χ1n) is 7.11. The Morgan fingerprint density at radius 1 is 1.53 bits per heavy atom. The predicted octanol–water partition coefficient (Wildman–Crippen LogP) is 1.82. The number of likely N-dealkylation sites (tertiary alicyclic amines) is 1. The highest BCUT2D eigenvalue weighted by Crippen LogP contribution is 2.17. The van der Waals surface area contributed by atoms with Crippen LogP contribution >= 0.6 is 0 Å². The average molecular weight is 261 g/mol. The number of rotatable bonds is 4. The number of nitrogens with one attached hydrogen (secondary N) is 1. The minimum atomic E-state index is 0.273. The van der Waals surface area contributed by atoms with Gasteiger partial charge >= 0.3 is 0 Å². The van der Waals surface area contributed by atoms with Gasteiger partial charge in [0.25, 0.3) is 0 Å². The zero-order chi connectivity index (χ0) is 13.7. The molecule has 2 atom stereocenters. The fourth-order valence-corrected chi connectivity index (χ4v) is 2.64. The van der Waals surface area contributed by atoms with Crippen LogP contribution in [0.15, 0.2) is 24.4 Å². The Morgan fingerprint density at radius 3 is 3.00 bits per heavy atom. The van der Waals surface area contributed by atoms with Crippen molar-refractivity contribution in [1.29, 1.82) is 0 Å². The summed E-state index contributed by atoms with van der Waals surface area (Å²) < 4.78 is 0. The number of aromatic nitrogens is 1. The number of piperidine rings is 1. The number of carbonyl (C=O) groups is 1. The van der Waals surface area contributed by atoms with Gasteiger partial charge in [0.1, 0.15) is 0 Å². The third-order valence-electron chi connectivity index (χ3n) is 3.83. The topological polar surface area (TPSA) is 45.2 Å². The molecule has 0 bridgehead atoms. The number of amides is 1. The van der Waals surface area contributed by atoms with Crippen molar-refractivity contribution in [2.45, 2.75) is 39.3 Å². The SMILES string of the molecule is CCC(=O)N1CC[C@H](NCc2ccccn2)[C@H](C)C1. The third kappa shape index (κ3) is 3.77. The zero-order valence-corrected chi connectivity index (χ0v) is 11.8. The highest BCUT2D eigenvalue weighted by Gasteiger charge is 2.27. The van der Waals surface area contributed by atoms with E-state index >= 15 is 0 Å². The van der Waals surface area contributed by atoms with E-state index in [0.29, 0.717) is 18.4 Å². The van der Waals surface area contributed by atoms with Crippen LogP contribution in [0.25, 0.3) is 0 Å². The smallest absolute Gasteiger partial charge is 0.222 e. The van der Waals surface area contributed by atoms with Gasteiger partial charge in [0, 0.05) is 38.3 Å². The average Bonchev–Trinajstić information content (AvgIpc) is 2.46. The summed E-state index contributed by atoms with van der Waals surface area (Å²) in [6.07, 6.45) is 3.46. The van der Waals surface area contributed by atoms with E-state index in [4.69, 9.17) is 0 Å². The second-order valence-corrected chi connectivity index (χ2v) is 5.27. The van der Waals surface area contributed by atoms with Crippen LogP contribution in [-0.4, -0.2) is 34.9 Å². The Labute approximate surface area is 115 Å². The first kappa shape index (κ1) is 14.0. The third-order valence-corrected chi connectivity index (χ3v) is 3.83. The Kier molecular flexibility index (Phi) is 4.91. The zero-order valence-electron chi connectivity index (χ0n) is 11.8. The van der Waals surface area contributed by atoms with E-state index in [1.54, 1.807) is 0 Å². The standard InChI is InChI=1S/C15H23N3O/c1-3-15(19)18-9-7-14(12(2)11-18)17-10-13-6-4-5-8-16-13/h4-6,8,12,14,17H,3,7,9-11H2,1-2H3/t12-,14+/m1/s1. The van der Waals surface area contributed by atoms with Crippen molar-refractivity contribution >= 4 is 5.91 Å². The van der Waals surface area contributed by atoms with Gasteiger partial charge < -0.3 is 10.2 Å². The van der Waals surface area contributed by atoms with Crippen LogP contribution in [0.5, 0.6) is 0 Å². The molecule has 0 aliphatic carbocycles. The van der Waals surface area contributed by atoms with Gasteiger partial charge in [0.2, 0.25) is 5.91 Å². The van der Waals surface area contributed by atoms with E-state index in [1.807, 2.05) is 36.2 Å². The van der Waals surface area contributed by atoms with Crippen molar-refractivity contribution in [3.05, 3.63) is 30.1 Å². The van der Waals surface area contributed by atoms with Crippen molar-refractivity contribution in [2.24, 2.45) is 5.92 Å². The van der Waals surface area contributed by atoms with Crippen LogP contribution < -0.4 is 5.32 Å². The molecular weight excluding hydrogens is 238 g/mol. The molecule has 104 valence electrons. The minimum Gasteiger partial charge on any atom is -0.342 e. The summed E-state index contributed by atoms with van der Waals surface area (Å²) in [6.45, 7) is 6.69. The van der Waals surface area contributed by atoms with Crippen LogP contribution in [0.4, 0.5) is 0 Å².